The van der Waals surface area contributed by atoms with Gasteiger partial charge in [-0.2, -0.15) is 0 Å². The summed E-state index contributed by atoms with van der Waals surface area (Å²) < 4.78 is 5.62. The second-order valence-electron chi connectivity index (χ2n) is 7.73. The van der Waals surface area contributed by atoms with Crippen LogP contribution < -0.4 is 5.32 Å². The SMILES string of the molecule is CCCNCC1(CN2CCC(C)(CC)CC2)CCOCC1. The summed E-state index contributed by atoms with van der Waals surface area (Å²) >= 11 is 0. The Hall–Kier alpha value is -0.120. The molecule has 2 aliphatic heterocycles. The summed E-state index contributed by atoms with van der Waals surface area (Å²) in [4.78, 5) is 2.73. The van der Waals surface area contributed by atoms with Crippen molar-refractivity contribution in [1.82, 2.24) is 10.2 Å². The quantitative estimate of drug-likeness (QED) is 0.730. The molecule has 2 rings (SSSR count). The number of rotatable bonds is 7. The van der Waals surface area contributed by atoms with Crippen LogP contribution in [0.3, 0.4) is 0 Å². The van der Waals surface area contributed by atoms with Gasteiger partial charge in [-0.1, -0.05) is 27.2 Å². The van der Waals surface area contributed by atoms with Gasteiger partial charge in [-0.15, -0.1) is 0 Å². The van der Waals surface area contributed by atoms with E-state index in [9.17, 15) is 0 Å². The molecule has 3 nitrogen and oxygen atoms in total. The summed E-state index contributed by atoms with van der Waals surface area (Å²) in [7, 11) is 0. The Morgan fingerprint density at radius 3 is 2.29 bits per heavy atom. The van der Waals surface area contributed by atoms with Crippen molar-refractivity contribution in [1.29, 1.82) is 0 Å². The first kappa shape index (κ1) is 17.2. The molecule has 0 radical (unpaired) electrons. The lowest BCUT2D eigenvalue weighted by atomic mass is 9.76. The average Bonchev–Trinajstić information content (AvgIpc) is 2.51. The minimum Gasteiger partial charge on any atom is -0.381 e. The minimum atomic E-state index is 0.452. The van der Waals surface area contributed by atoms with Crippen LogP contribution in [0.15, 0.2) is 0 Å². The number of likely N-dealkylation sites (tertiary alicyclic amines) is 1. The first-order valence-electron chi connectivity index (χ1n) is 9.12. The number of ether oxygens (including phenoxy) is 1. The zero-order chi connectivity index (χ0) is 15.2. The number of nitrogens with zero attached hydrogens (tertiary/aromatic N) is 1. The lowest BCUT2D eigenvalue weighted by Crippen LogP contribution is -2.50. The molecule has 2 heterocycles. The summed E-state index contributed by atoms with van der Waals surface area (Å²) in [6, 6.07) is 0. The Bertz CT molecular complexity index is 292. The van der Waals surface area contributed by atoms with E-state index in [2.05, 4.69) is 31.0 Å². The van der Waals surface area contributed by atoms with Gasteiger partial charge in [0.15, 0.2) is 0 Å². The maximum atomic E-state index is 5.62. The van der Waals surface area contributed by atoms with E-state index < -0.39 is 0 Å². The summed E-state index contributed by atoms with van der Waals surface area (Å²) in [6.07, 6.45) is 7.76. The molecule has 0 spiro atoms. The molecule has 21 heavy (non-hydrogen) atoms. The third-order valence-corrected chi connectivity index (χ3v) is 5.96. The maximum absolute atomic E-state index is 5.62. The largest absolute Gasteiger partial charge is 0.381 e. The number of hydrogen-bond acceptors (Lipinski definition) is 3. The van der Waals surface area contributed by atoms with Gasteiger partial charge in [-0.25, -0.2) is 0 Å². The Kier molecular flexibility index (Phi) is 6.51. The van der Waals surface area contributed by atoms with Gasteiger partial charge in [0.2, 0.25) is 0 Å². The molecule has 0 aliphatic carbocycles. The van der Waals surface area contributed by atoms with Crippen LogP contribution in [0.5, 0.6) is 0 Å². The molecule has 0 bridgehead atoms. The van der Waals surface area contributed by atoms with Gasteiger partial charge in [0.1, 0.15) is 0 Å². The fraction of sp³-hybridized carbons (Fsp3) is 1.00. The highest BCUT2D eigenvalue weighted by molar-refractivity contribution is 4.90. The summed E-state index contributed by atoms with van der Waals surface area (Å²) in [5.74, 6) is 0. The predicted molar refractivity (Wildman–Crippen MR) is 89.7 cm³/mol. The van der Waals surface area contributed by atoms with Gasteiger partial charge in [0.05, 0.1) is 0 Å². The van der Waals surface area contributed by atoms with Crippen molar-refractivity contribution in [2.24, 2.45) is 10.8 Å². The molecule has 0 atom stereocenters. The van der Waals surface area contributed by atoms with Gasteiger partial charge in [0.25, 0.3) is 0 Å². The molecule has 0 aromatic rings. The van der Waals surface area contributed by atoms with Crippen LogP contribution in [-0.2, 0) is 4.74 Å². The van der Waals surface area contributed by atoms with Crippen molar-refractivity contribution in [3.05, 3.63) is 0 Å². The molecule has 2 aliphatic rings. The Labute approximate surface area is 131 Å². The molecule has 0 saturated carbocycles. The second kappa shape index (κ2) is 7.94. The standard InChI is InChI=1S/C18H36N2O/c1-4-10-19-15-18(8-13-21-14-9-18)16-20-11-6-17(3,5-2)7-12-20/h19H,4-16H2,1-3H3. The van der Waals surface area contributed by atoms with E-state index in [1.165, 1.54) is 64.7 Å². The van der Waals surface area contributed by atoms with E-state index in [0.29, 0.717) is 10.8 Å². The zero-order valence-corrected chi connectivity index (χ0v) is 14.5. The van der Waals surface area contributed by atoms with Gasteiger partial charge >= 0.3 is 0 Å². The van der Waals surface area contributed by atoms with Gasteiger partial charge in [-0.3, -0.25) is 0 Å². The fourth-order valence-corrected chi connectivity index (χ4v) is 3.80. The first-order chi connectivity index (χ1) is 10.1. The molecular weight excluding hydrogens is 260 g/mol. The monoisotopic (exact) mass is 296 g/mol. The average molecular weight is 296 g/mol. The second-order valence-corrected chi connectivity index (χ2v) is 7.73. The number of hydrogen-bond donors (Lipinski definition) is 1. The lowest BCUT2D eigenvalue weighted by Gasteiger charge is -2.45. The number of piperidine rings is 1. The zero-order valence-electron chi connectivity index (χ0n) is 14.5. The van der Waals surface area contributed by atoms with Crippen molar-refractivity contribution in [2.75, 3.05) is 45.9 Å². The van der Waals surface area contributed by atoms with Crippen LogP contribution in [0.2, 0.25) is 0 Å². The summed E-state index contributed by atoms with van der Waals surface area (Å²) in [5, 5.41) is 3.68. The lowest BCUT2D eigenvalue weighted by molar-refractivity contribution is -0.0148. The Balaban J connectivity index is 1.87. The molecule has 0 unspecified atom stereocenters. The van der Waals surface area contributed by atoms with Crippen LogP contribution >= 0.6 is 0 Å². The summed E-state index contributed by atoms with van der Waals surface area (Å²) in [6.45, 7) is 15.2. The highest BCUT2D eigenvalue weighted by atomic mass is 16.5. The van der Waals surface area contributed by atoms with Crippen molar-refractivity contribution in [3.63, 3.8) is 0 Å². The van der Waals surface area contributed by atoms with Crippen LogP contribution in [0, 0.1) is 10.8 Å². The molecule has 0 amide bonds. The molecular formula is C18H36N2O. The van der Waals surface area contributed by atoms with Crippen LogP contribution in [0.1, 0.15) is 59.3 Å². The van der Waals surface area contributed by atoms with Crippen LogP contribution in [0.4, 0.5) is 0 Å². The van der Waals surface area contributed by atoms with Gasteiger partial charge in [0, 0.05) is 26.3 Å². The molecule has 3 heteroatoms. The van der Waals surface area contributed by atoms with Gasteiger partial charge in [-0.05, 0) is 62.6 Å². The highest BCUT2D eigenvalue weighted by Gasteiger charge is 2.36. The third-order valence-electron chi connectivity index (χ3n) is 5.96. The fourth-order valence-electron chi connectivity index (χ4n) is 3.80. The maximum Gasteiger partial charge on any atom is 0.0472 e. The molecule has 0 aromatic heterocycles. The van der Waals surface area contributed by atoms with E-state index in [4.69, 9.17) is 4.74 Å². The van der Waals surface area contributed by atoms with E-state index in [1.54, 1.807) is 0 Å². The first-order valence-corrected chi connectivity index (χ1v) is 9.12. The van der Waals surface area contributed by atoms with E-state index in [-0.39, 0.29) is 0 Å². The van der Waals surface area contributed by atoms with Crippen molar-refractivity contribution in [3.8, 4) is 0 Å². The van der Waals surface area contributed by atoms with Crippen molar-refractivity contribution in [2.45, 2.75) is 59.3 Å². The third kappa shape index (κ3) is 4.94. The van der Waals surface area contributed by atoms with E-state index in [1.807, 2.05) is 0 Å². The normalized spacial score (nSPS) is 25.9. The van der Waals surface area contributed by atoms with E-state index in [0.717, 1.165) is 19.8 Å². The smallest absolute Gasteiger partial charge is 0.0472 e. The van der Waals surface area contributed by atoms with E-state index >= 15 is 0 Å². The topological polar surface area (TPSA) is 24.5 Å². The highest BCUT2D eigenvalue weighted by Crippen LogP contribution is 2.37. The molecule has 1 N–H and O–H groups in total. The predicted octanol–water partition coefficient (Wildman–Crippen LogP) is 3.29. The van der Waals surface area contributed by atoms with Crippen molar-refractivity contribution >= 4 is 0 Å². The molecule has 124 valence electrons. The molecule has 2 saturated heterocycles. The van der Waals surface area contributed by atoms with Crippen LogP contribution in [0.25, 0.3) is 0 Å². The van der Waals surface area contributed by atoms with Crippen molar-refractivity contribution < 1.29 is 4.74 Å². The molecule has 0 aromatic carbocycles. The number of nitrogens with one attached hydrogen (secondary N) is 1. The van der Waals surface area contributed by atoms with Crippen LogP contribution in [-0.4, -0.2) is 50.8 Å². The Morgan fingerprint density at radius 2 is 1.71 bits per heavy atom. The Morgan fingerprint density at radius 1 is 1.05 bits per heavy atom. The minimum absolute atomic E-state index is 0.452. The molecule has 2 fully saturated rings. The van der Waals surface area contributed by atoms with Gasteiger partial charge < -0.3 is 15.0 Å². The summed E-state index contributed by atoms with van der Waals surface area (Å²) in [5.41, 5.74) is 1.05.